The number of nitrogens with two attached hydrogens (primary N) is 1. The Morgan fingerprint density at radius 3 is 2.78 bits per heavy atom. The maximum Gasteiger partial charge on any atom is 0.0489 e. The summed E-state index contributed by atoms with van der Waals surface area (Å²) in [5.41, 5.74) is 8.83. The van der Waals surface area contributed by atoms with E-state index in [4.69, 9.17) is 10.5 Å². The summed E-state index contributed by atoms with van der Waals surface area (Å²) >= 11 is 3.51. The van der Waals surface area contributed by atoms with Crippen LogP contribution in [-0.2, 0) is 4.74 Å². The molecule has 4 heteroatoms. The highest BCUT2D eigenvalue weighted by Crippen LogP contribution is 2.27. The molecule has 1 aromatic carbocycles. The lowest BCUT2D eigenvalue weighted by Gasteiger charge is -2.11. The van der Waals surface area contributed by atoms with Gasteiger partial charge in [0.05, 0.1) is 0 Å². The molecule has 0 aliphatic carbocycles. The van der Waals surface area contributed by atoms with Crippen LogP contribution in [0.25, 0.3) is 0 Å². The van der Waals surface area contributed by atoms with Gasteiger partial charge in [-0.05, 0) is 52.9 Å². The third-order valence-electron chi connectivity index (χ3n) is 2.59. The fourth-order valence-corrected chi connectivity index (χ4v) is 2.05. The van der Waals surface area contributed by atoms with Crippen molar-refractivity contribution < 1.29 is 4.74 Å². The van der Waals surface area contributed by atoms with Gasteiger partial charge in [0.25, 0.3) is 0 Å². The number of nitrogen functional groups attached to an aromatic ring is 1. The molecule has 0 aliphatic heterocycles. The number of hydrogen-bond donors (Lipinski definition) is 2. The van der Waals surface area contributed by atoms with Gasteiger partial charge in [-0.3, -0.25) is 0 Å². The Morgan fingerprint density at radius 2 is 2.11 bits per heavy atom. The molecule has 102 valence electrons. The first kappa shape index (κ1) is 15.3. The monoisotopic (exact) mass is 314 g/mol. The summed E-state index contributed by atoms with van der Waals surface area (Å²) in [6.07, 6.45) is 1.00. The zero-order chi connectivity index (χ0) is 13.5. The molecule has 18 heavy (non-hydrogen) atoms. The van der Waals surface area contributed by atoms with Gasteiger partial charge in [-0.1, -0.05) is 13.8 Å². The molecule has 0 bridgehead atoms. The molecule has 0 radical (unpaired) electrons. The molecule has 0 aromatic heterocycles. The van der Waals surface area contributed by atoms with Crippen molar-refractivity contribution in [2.45, 2.75) is 27.2 Å². The number of benzene rings is 1. The summed E-state index contributed by atoms with van der Waals surface area (Å²) in [5.74, 6) is 0.604. The minimum atomic E-state index is 0.604. The topological polar surface area (TPSA) is 47.3 Å². The predicted molar refractivity (Wildman–Crippen MR) is 82.1 cm³/mol. The lowest BCUT2D eigenvalue weighted by molar-refractivity contribution is 0.110. The van der Waals surface area contributed by atoms with Crippen LogP contribution in [0.3, 0.4) is 0 Å². The Bertz CT molecular complexity index is 380. The highest BCUT2D eigenvalue weighted by atomic mass is 79.9. The molecule has 0 heterocycles. The number of ether oxygens (including phenoxy) is 1. The van der Waals surface area contributed by atoms with E-state index in [0.717, 1.165) is 47.6 Å². The van der Waals surface area contributed by atoms with Gasteiger partial charge in [0.2, 0.25) is 0 Å². The second-order valence-corrected chi connectivity index (χ2v) is 5.79. The second kappa shape index (κ2) is 7.64. The molecule has 1 aromatic rings. The van der Waals surface area contributed by atoms with Crippen LogP contribution < -0.4 is 11.1 Å². The van der Waals surface area contributed by atoms with Gasteiger partial charge in [0.1, 0.15) is 0 Å². The molecule has 0 aliphatic rings. The maximum atomic E-state index is 5.83. The number of hydrogen-bond acceptors (Lipinski definition) is 3. The van der Waals surface area contributed by atoms with Crippen LogP contribution in [0.15, 0.2) is 16.6 Å². The molecule has 3 nitrogen and oxygen atoms in total. The molecule has 1 rings (SSSR count). The number of rotatable bonds is 7. The van der Waals surface area contributed by atoms with Crippen molar-refractivity contribution >= 4 is 27.3 Å². The Morgan fingerprint density at radius 1 is 1.39 bits per heavy atom. The summed E-state index contributed by atoms with van der Waals surface area (Å²) in [6, 6.07) is 4.00. The maximum absolute atomic E-state index is 5.83. The van der Waals surface area contributed by atoms with E-state index >= 15 is 0 Å². The van der Waals surface area contributed by atoms with Crippen molar-refractivity contribution in [2.24, 2.45) is 5.92 Å². The number of halogens is 1. The van der Waals surface area contributed by atoms with Crippen LogP contribution in [0, 0.1) is 12.8 Å². The van der Waals surface area contributed by atoms with E-state index in [1.807, 2.05) is 13.0 Å². The van der Waals surface area contributed by atoms with Gasteiger partial charge in [0.15, 0.2) is 0 Å². The summed E-state index contributed by atoms with van der Waals surface area (Å²) < 4.78 is 6.54. The van der Waals surface area contributed by atoms with Crippen molar-refractivity contribution in [3.05, 3.63) is 22.2 Å². The molecule has 0 saturated carbocycles. The molecule has 0 spiro atoms. The first-order valence-corrected chi connectivity index (χ1v) is 7.17. The minimum Gasteiger partial charge on any atom is -0.398 e. The third kappa shape index (κ3) is 5.27. The van der Waals surface area contributed by atoms with Gasteiger partial charge < -0.3 is 15.8 Å². The van der Waals surface area contributed by atoms with Crippen LogP contribution in [0.1, 0.15) is 25.8 Å². The van der Waals surface area contributed by atoms with E-state index in [2.05, 4.69) is 41.2 Å². The van der Waals surface area contributed by atoms with Gasteiger partial charge in [-0.2, -0.15) is 0 Å². The first-order valence-electron chi connectivity index (χ1n) is 6.38. The Labute approximate surface area is 118 Å². The fraction of sp³-hybridized carbons (Fsp3) is 0.571. The molecular weight excluding hydrogens is 292 g/mol. The molecule has 3 N–H and O–H groups in total. The number of anilines is 2. The highest BCUT2D eigenvalue weighted by molar-refractivity contribution is 9.10. The van der Waals surface area contributed by atoms with Gasteiger partial charge >= 0.3 is 0 Å². The van der Waals surface area contributed by atoms with Gasteiger partial charge in [-0.15, -0.1) is 0 Å². The first-order chi connectivity index (χ1) is 8.50. The highest BCUT2D eigenvalue weighted by Gasteiger charge is 2.02. The summed E-state index contributed by atoms with van der Waals surface area (Å²) in [4.78, 5) is 0. The zero-order valence-corrected chi connectivity index (χ0v) is 13.0. The largest absolute Gasteiger partial charge is 0.398 e. The molecule has 0 fully saturated rings. The van der Waals surface area contributed by atoms with E-state index in [1.165, 1.54) is 0 Å². The zero-order valence-electron chi connectivity index (χ0n) is 11.4. The number of aryl methyl sites for hydroxylation is 1. The molecule has 0 unspecified atom stereocenters. The van der Waals surface area contributed by atoms with Crippen molar-refractivity contribution in [2.75, 3.05) is 30.8 Å². The molecule has 0 saturated heterocycles. The fourth-order valence-electron chi connectivity index (χ4n) is 1.55. The summed E-state index contributed by atoms with van der Waals surface area (Å²) in [5, 5.41) is 3.39. The average Bonchev–Trinajstić information content (AvgIpc) is 2.29. The van der Waals surface area contributed by atoms with E-state index in [1.54, 1.807) is 0 Å². The third-order valence-corrected chi connectivity index (χ3v) is 3.24. The van der Waals surface area contributed by atoms with Crippen molar-refractivity contribution in [3.8, 4) is 0 Å². The van der Waals surface area contributed by atoms with Crippen LogP contribution in [0.2, 0.25) is 0 Å². The summed E-state index contributed by atoms with van der Waals surface area (Å²) in [7, 11) is 0. The quantitative estimate of drug-likeness (QED) is 0.594. The SMILES string of the molecule is Cc1cc(NCCCOCC(C)C)c(Br)cc1N. The van der Waals surface area contributed by atoms with Crippen molar-refractivity contribution in [1.82, 2.24) is 0 Å². The Balaban J connectivity index is 2.29. The molecule has 0 atom stereocenters. The normalized spacial score (nSPS) is 10.9. The average molecular weight is 315 g/mol. The van der Waals surface area contributed by atoms with Crippen LogP contribution in [-0.4, -0.2) is 19.8 Å². The van der Waals surface area contributed by atoms with Gasteiger partial charge in [-0.25, -0.2) is 0 Å². The van der Waals surface area contributed by atoms with E-state index < -0.39 is 0 Å². The lowest BCUT2D eigenvalue weighted by Crippen LogP contribution is -2.09. The lowest BCUT2D eigenvalue weighted by atomic mass is 10.2. The number of nitrogens with one attached hydrogen (secondary N) is 1. The van der Waals surface area contributed by atoms with Crippen LogP contribution in [0.5, 0.6) is 0 Å². The van der Waals surface area contributed by atoms with E-state index in [-0.39, 0.29) is 0 Å². The predicted octanol–water partition coefficient (Wildman–Crippen LogP) is 3.81. The summed E-state index contributed by atoms with van der Waals surface area (Å²) in [6.45, 7) is 8.87. The standard InChI is InChI=1S/C14H23BrN2O/c1-10(2)9-18-6-4-5-17-14-7-11(3)13(16)8-12(14)15/h7-8,10,17H,4-6,9,16H2,1-3H3. The second-order valence-electron chi connectivity index (χ2n) is 4.94. The van der Waals surface area contributed by atoms with Crippen LogP contribution in [0.4, 0.5) is 11.4 Å². The van der Waals surface area contributed by atoms with Crippen molar-refractivity contribution in [3.63, 3.8) is 0 Å². The Hall–Kier alpha value is -0.740. The van der Waals surface area contributed by atoms with E-state index in [9.17, 15) is 0 Å². The smallest absolute Gasteiger partial charge is 0.0489 e. The molecule has 0 amide bonds. The molecular formula is C14H23BrN2O. The van der Waals surface area contributed by atoms with Crippen LogP contribution >= 0.6 is 15.9 Å². The van der Waals surface area contributed by atoms with Crippen molar-refractivity contribution in [1.29, 1.82) is 0 Å². The van der Waals surface area contributed by atoms with E-state index in [0.29, 0.717) is 5.92 Å². The Kier molecular flexibility index (Phi) is 6.50. The minimum absolute atomic E-state index is 0.604. The van der Waals surface area contributed by atoms with Gasteiger partial charge in [0, 0.05) is 35.6 Å².